The third-order valence-corrected chi connectivity index (χ3v) is 4.48. The zero-order valence-corrected chi connectivity index (χ0v) is 12.3. The van der Waals surface area contributed by atoms with Crippen molar-refractivity contribution >= 4 is 0 Å². The Hall–Kier alpha value is -0.820. The highest BCUT2D eigenvalue weighted by Gasteiger charge is 2.24. The highest BCUT2D eigenvalue weighted by atomic mass is 14.9. The van der Waals surface area contributed by atoms with E-state index < -0.39 is 0 Å². The predicted octanol–water partition coefficient (Wildman–Crippen LogP) is 4.22. The van der Waals surface area contributed by atoms with Crippen LogP contribution in [0.5, 0.6) is 0 Å². The first-order valence-electron chi connectivity index (χ1n) is 7.35. The second-order valence-corrected chi connectivity index (χ2v) is 6.31. The van der Waals surface area contributed by atoms with E-state index in [0.29, 0.717) is 6.04 Å². The maximum absolute atomic E-state index is 3.77. The Labute approximate surface area is 112 Å². The summed E-state index contributed by atoms with van der Waals surface area (Å²) in [4.78, 5) is 0. The lowest BCUT2D eigenvalue weighted by atomic mass is 9.80. The monoisotopic (exact) mass is 245 g/mol. The summed E-state index contributed by atoms with van der Waals surface area (Å²) in [6.07, 6.45) is 4.10. The average Bonchev–Trinajstić information content (AvgIpc) is 2.30. The molecule has 2 rings (SSSR count). The Bertz CT molecular complexity index is 397. The molecule has 1 fully saturated rings. The molecule has 1 heteroatoms. The van der Waals surface area contributed by atoms with Gasteiger partial charge in [0.1, 0.15) is 0 Å². The van der Waals surface area contributed by atoms with E-state index in [1.165, 1.54) is 36.0 Å². The van der Waals surface area contributed by atoms with E-state index >= 15 is 0 Å². The van der Waals surface area contributed by atoms with Gasteiger partial charge in [0, 0.05) is 12.6 Å². The zero-order chi connectivity index (χ0) is 13.1. The van der Waals surface area contributed by atoms with Gasteiger partial charge in [-0.2, -0.15) is 0 Å². The number of nitrogens with one attached hydrogen (secondary N) is 1. The second-order valence-electron chi connectivity index (χ2n) is 6.31. The lowest BCUT2D eigenvalue weighted by Gasteiger charge is -2.33. The van der Waals surface area contributed by atoms with Crippen molar-refractivity contribution in [1.82, 2.24) is 5.32 Å². The van der Waals surface area contributed by atoms with Crippen molar-refractivity contribution in [3.8, 4) is 0 Å². The number of aryl methyl sites for hydroxylation is 2. The van der Waals surface area contributed by atoms with Crippen molar-refractivity contribution in [1.29, 1.82) is 0 Å². The molecule has 0 amide bonds. The fraction of sp³-hybridized carbons (Fsp3) is 0.647. The third-order valence-electron chi connectivity index (χ3n) is 4.48. The summed E-state index contributed by atoms with van der Waals surface area (Å²) in [6, 6.07) is 7.48. The van der Waals surface area contributed by atoms with Crippen molar-refractivity contribution in [2.75, 3.05) is 0 Å². The van der Waals surface area contributed by atoms with Gasteiger partial charge in [0.15, 0.2) is 0 Å². The molecule has 1 N–H and O–H groups in total. The lowest BCUT2D eigenvalue weighted by Crippen LogP contribution is -2.38. The Morgan fingerprint density at radius 1 is 1.17 bits per heavy atom. The Kier molecular flexibility index (Phi) is 4.45. The van der Waals surface area contributed by atoms with Crippen LogP contribution in [0, 0.1) is 25.7 Å². The largest absolute Gasteiger partial charge is 0.310 e. The van der Waals surface area contributed by atoms with Crippen LogP contribution in [0.3, 0.4) is 0 Å². The van der Waals surface area contributed by atoms with Gasteiger partial charge < -0.3 is 5.32 Å². The molecule has 0 radical (unpaired) electrons. The second kappa shape index (κ2) is 5.88. The minimum atomic E-state index is 0.710. The number of rotatable bonds is 3. The Morgan fingerprint density at radius 3 is 2.61 bits per heavy atom. The topological polar surface area (TPSA) is 12.0 Å². The number of benzene rings is 1. The predicted molar refractivity (Wildman–Crippen MR) is 78.7 cm³/mol. The quantitative estimate of drug-likeness (QED) is 0.841. The van der Waals surface area contributed by atoms with Gasteiger partial charge >= 0.3 is 0 Å². The van der Waals surface area contributed by atoms with Crippen LogP contribution in [0.1, 0.15) is 49.8 Å². The smallest absolute Gasteiger partial charge is 0.0210 e. The van der Waals surface area contributed by atoms with Crippen LogP contribution < -0.4 is 5.32 Å². The molecule has 3 atom stereocenters. The maximum Gasteiger partial charge on any atom is 0.0210 e. The highest BCUT2D eigenvalue weighted by molar-refractivity contribution is 5.30. The van der Waals surface area contributed by atoms with Gasteiger partial charge in [-0.1, -0.05) is 37.6 Å². The van der Waals surface area contributed by atoms with Crippen molar-refractivity contribution in [2.45, 2.75) is 59.5 Å². The molecule has 0 aromatic heterocycles. The molecule has 100 valence electrons. The Balaban J connectivity index is 1.91. The average molecular weight is 245 g/mol. The fourth-order valence-electron chi connectivity index (χ4n) is 3.25. The molecule has 1 saturated carbocycles. The summed E-state index contributed by atoms with van der Waals surface area (Å²) in [7, 11) is 0. The third kappa shape index (κ3) is 3.35. The molecule has 0 aliphatic heterocycles. The highest BCUT2D eigenvalue weighted by Crippen LogP contribution is 2.28. The van der Waals surface area contributed by atoms with Crippen molar-refractivity contribution in [3.63, 3.8) is 0 Å². The lowest BCUT2D eigenvalue weighted by molar-refractivity contribution is 0.227. The zero-order valence-electron chi connectivity index (χ0n) is 12.3. The molecule has 1 aromatic carbocycles. The van der Waals surface area contributed by atoms with E-state index in [2.05, 4.69) is 51.2 Å². The maximum atomic E-state index is 3.77. The van der Waals surface area contributed by atoms with Gasteiger partial charge in [0.05, 0.1) is 0 Å². The molecule has 0 bridgehead atoms. The minimum absolute atomic E-state index is 0.710. The normalized spacial score (nSPS) is 28.3. The first kappa shape index (κ1) is 13.6. The van der Waals surface area contributed by atoms with Crippen molar-refractivity contribution in [3.05, 3.63) is 34.9 Å². The van der Waals surface area contributed by atoms with E-state index in [-0.39, 0.29) is 0 Å². The van der Waals surface area contributed by atoms with E-state index in [1.54, 1.807) is 0 Å². The van der Waals surface area contributed by atoms with Crippen molar-refractivity contribution < 1.29 is 0 Å². The number of hydrogen-bond donors (Lipinski definition) is 1. The van der Waals surface area contributed by atoms with Gasteiger partial charge in [-0.3, -0.25) is 0 Å². The first-order chi connectivity index (χ1) is 8.56. The van der Waals surface area contributed by atoms with Crippen LogP contribution in [0.4, 0.5) is 0 Å². The SMILES string of the molecule is Cc1ccc(CNC2CCC(C)CC2C)c(C)c1. The van der Waals surface area contributed by atoms with Gasteiger partial charge in [-0.25, -0.2) is 0 Å². The summed E-state index contributed by atoms with van der Waals surface area (Å²) < 4.78 is 0. The molecule has 1 aromatic rings. The molecule has 0 spiro atoms. The standard InChI is InChI=1S/C17H27N/c1-12-5-7-16(14(3)9-12)11-18-17-8-6-13(2)10-15(17)4/h5,7,9,13,15,17-18H,6,8,10-11H2,1-4H3. The van der Waals surface area contributed by atoms with Crippen molar-refractivity contribution in [2.24, 2.45) is 11.8 Å². The van der Waals surface area contributed by atoms with Gasteiger partial charge in [-0.05, 0) is 56.1 Å². The molecule has 0 saturated heterocycles. The van der Waals surface area contributed by atoms with Gasteiger partial charge in [0.25, 0.3) is 0 Å². The molecule has 18 heavy (non-hydrogen) atoms. The van der Waals surface area contributed by atoms with Crippen LogP contribution in [-0.2, 0) is 6.54 Å². The van der Waals surface area contributed by atoms with Gasteiger partial charge in [0.2, 0.25) is 0 Å². The number of hydrogen-bond acceptors (Lipinski definition) is 1. The van der Waals surface area contributed by atoms with Crippen LogP contribution >= 0.6 is 0 Å². The molecule has 0 heterocycles. The van der Waals surface area contributed by atoms with E-state index in [9.17, 15) is 0 Å². The van der Waals surface area contributed by atoms with E-state index in [1.807, 2.05) is 0 Å². The summed E-state index contributed by atoms with van der Waals surface area (Å²) in [5.74, 6) is 1.73. The summed E-state index contributed by atoms with van der Waals surface area (Å²) >= 11 is 0. The molecule has 1 aliphatic carbocycles. The molecule has 3 unspecified atom stereocenters. The molecular formula is C17H27N. The molecule has 1 aliphatic rings. The molecule has 1 nitrogen and oxygen atoms in total. The van der Waals surface area contributed by atoms with Crippen LogP contribution in [0.25, 0.3) is 0 Å². The van der Waals surface area contributed by atoms with Crippen LogP contribution in [-0.4, -0.2) is 6.04 Å². The fourth-order valence-corrected chi connectivity index (χ4v) is 3.25. The van der Waals surface area contributed by atoms with Crippen LogP contribution in [0.2, 0.25) is 0 Å². The Morgan fingerprint density at radius 2 is 1.94 bits per heavy atom. The van der Waals surface area contributed by atoms with Gasteiger partial charge in [-0.15, -0.1) is 0 Å². The summed E-state index contributed by atoms with van der Waals surface area (Å²) in [5, 5.41) is 3.77. The molecular weight excluding hydrogens is 218 g/mol. The van der Waals surface area contributed by atoms with Crippen LogP contribution in [0.15, 0.2) is 18.2 Å². The van der Waals surface area contributed by atoms with E-state index in [0.717, 1.165) is 18.4 Å². The summed E-state index contributed by atoms with van der Waals surface area (Å²) in [5.41, 5.74) is 4.22. The first-order valence-corrected chi connectivity index (χ1v) is 7.35. The summed E-state index contributed by atoms with van der Waals surface area (Å²) in [6.45, 7) is 10.2. The van der Waals surface area contributed by atoms with E-state index in [4.69, 9.17) is 0 Å². The minimum Gasteiger partial charge on any atom is -0.310 e.